The fraction of sp³-hybridized carbons (Fsp3) is 0.217. The number of fused-ring (bicyclic) bond motifs is 4. The van der Waals surface area contributed by atoms with Gasteiger partial charge in [-0.2, -0.15) is 0 Å². The van der Waals surface area contributed by atoms with E-state index in [4.69, 9.17) is 13.9 Å². The normalized spacial score (nSPS) is 11.8. The number of aromatic hydroxyl groups is 2. The van der Waals surface area contributed by atoms with Crippen LogP contribution in [-0.2, 0) is 0 Å². The highest BCUT2D eigenvalue weighted by molar-refractivity contribution is 6.15. The number of benzene rings is 2. The third-order valence-corrected chi connectivity index (χ3v) is 5.73. The minimum Gasteiger partial charge on any atom is -0.502 e. The van der Waals surface area contributed by atoms with Crippen LogP contribution in [0.1, 0.15) is 19.9 Å². The molecule has 0 spiro atoms. The highest BCUT2D eigenvalue weighted by Crippen LogP contribution is 2.45. The monoisotopic (exact) mass is 451 g/mol. The second-order valence-corrected chi connectivity index (χ2v) is 7.95. The second kappa shape index (κ2) is 7.09. The molecule has 0 aliphatic heterocycles. The number of H-pyrrole nitrogens is 2. The van der Waals surface area contributed by atoms with Crippen molar-refractivity contribution >= 4 is 33.1 Å². The van der Waals surface area contributed by atoms with E-state index >= 15 is 0 Å². The van der Waals surface area contributed by atoms with Crippen LogP contribution in [0.4, 0.5) is 0 Å². The summed E-state index contributed by atoms with van der Waals surface area (Å²) in [6.07, 6.45) is 0. The summed E-state index contributed by atoms with van der Waals surface area (Å²) in [4.78, 5) is 28.4. The summed E-state index contributed by atoms with van der Waals surface area (Å²) >= 11 is 0. The fourth-order valence-electron chi connectivity index (χ4n) is 4.17. The smallest absolute Gasteiger partial charge is 0.274 e. The van der Waals surface area contributed by atoms with Crippen molar-refractivity contribution in [2.24, 2.45) is 0 Å². The van der Waals surface area contributed by atoms with Crippen molar-refractivity contribution < 1.29 is 24.1 Å². The summed E-state index contributed by atoms with van der Waals surface area (Å²) in [5, 5.41) is 24.3. The van der Waals surface area contributed by atoms with E-state index in [1.54, 1.807) is 22.9 Å². The minimum atomic E-state index is -0.579. The number of nitrogens with one attached hydrogen (secondary N) is 2. The van der Waals surface area contributed by atoms with Crippen molar-refractivity contribution in [2.45, 2.75) is 19.9 Å². The van der Waals surface area contributed by atoms with Crippen molar-refractivity contribution in [3.8, 4) is 34.1 Å². The van der Waals surface area contributed by atoms with Gasteiger partial charge in [0, 0.05) is 17.0 Å². The Morgan fingerprint density at radius 3 is 2.27 bits per heavy atom. The van der Waals surface area contributed by atoms with Crippen LogP contribution >= 0.6 is 0 Å². The molecule has 33 heavy (non-hydrogen) atoms. The number of methoxy groups -OCH3 is 2. The summed E-state index contributed by atoms with van der Waals surface area (Å²) < 4.78 is 18.3. The van der Waals surface area contributed by atoms with E-state index in [1.165, 1.54) is 20.3 Å². The average Bonchev–Trinajstić information content (AvgIpc) is 3.33. The average molecular weight is 451 g/mol. The first-order chi connectivity index (χ1) is 15.8. The SMILES string of the molecule is COc1cc(-c2c3oc4c(O)c(=O)ccc4c3[nH]c3c2c(=O)[nH]n3C(C)C)cc(OC)c1O. The van der Waals surface area contributed by atoms with E-state index < -0.39 is 11.2 Å². The van der Waals surface area contributed by atoms with Crippen LogP contribution in [-0.4, -0.2) is 39.2 Å². The maximum absolute atomic E-state index is 13.1. The number of ether oxygens (including phenoxy) is 2. The third-order valence-electron chi connectivity index (χ3n) is 5.73. The number of nitrogens with zero attached hydrogens (tertiary/aromatic N) is 1. The molecule has 2 aromatic carbocycles. The van der Waals surface area contributed by atoms with Crippen LogP contribution in [0.5, 0.6) is 23.0 Å². The molecule has 10 heteroatoms. The van der Waals surface area contributed by atoms with Gasteiger partial charge in [-0.15, -0.1) is 0 Å². The Morgan fingerprint density at radius 2 is 1.67 bits per heavy atom. The lowest BCUT2D eigenvalue weighted by Gasteiger charge is -2.13. The fourth-order valence-corrected chi connectivity index (χ4v) is 4.17. The first-order valence-corrected chi connectivity index (χ1v) is 10.2. The van der Waals surface area contributed by atoms with Gasteiger partial charge in [0.05, 0.1) is 25.1 Å². The van der Waals surface area contributed by atoms with Gasteiger partial charge in [-0.05, 0) is 43.7 Å². The largest absolute Gasteiger partial charge is 0.502 e. The van der Waals surface area contributed by atoms with Crippen LogP contribution in [0, 0.1) is 0 Å². The van der Waals surface area contributed by atoms with Gasteiger partial charge in [-0.3, -0.25) is 19.4 Å². The topological polar surface area (TPSA) is 143 Å². The molecule has 5 aromatic rings. The Hall–Kier alpha value is -4.34. The van der Waals surface area contributed by atoms with E-state index in [-0.39, 0.29) is 40.0 Å². The van der Waals surface area contributed by atoms with Gasteiger partial charge in [0.2, 0.25) is 16.9 Å². The molecule has 0 bridgehead atoms. The number of aromatic nitrogens is 3. The molecule has 0 fully saturated rings. The lowest BCUT2D eigenvalue weighted by molar-refractivity contribution is 0.340. The molecule has 10 nitrogen and oxygen atoms in total. The molecule has 0 amide bonds. The Balaban J connectivity index is 2.05. The highest BCUT2D eigenvalue weighted by atomic mass is 16.5. The van der Waals surface area contributed by atoms with Crippen LogP contribution in [0.3, 0.4) is 0 Å². The molecule has 0 aliphatic carbocycles. The van der Waals surface area contributed by atoms with Crippen molar-refractivity contribution in [3.05, 3.63) is 44.8 Å². The van der Waals surface area contributed by atoms with Gasteiger partial charge in [-0.1, -0.05) is 0 Å². The summed E-state index contributed by atoms with van der Waals surface area (Å²) in [6.45, 7) is 3.84. The molecule has 0 saturated heterocycles. The Bertz CT molecular complexity index is 1660. The van der Waals surface area contributed by atoms with Crippen molar-refractivity contribution in [1.29, 1.82) is 0 Å². The maximum Gasteiger partial charge on any atom is 0.274 e. The van der Waals surface area contributed by atoms with Crippen molar-refractivity contribution in [1.82, 2.24) is 14.8 Å². The Kier molecular flexibility index (Phi) is 4.42. The molecule has 0 atom stereocenters. The summed E-state index contributed by atoms with van der Waals surface area (Å²) in [7, 11) is 2.80. The molecule has 0 saturated carbocycles. The molecule has 0 unspecified atom stereocenters. The maximum atomic E-state index is 13.1. The lowest BCUT2D eigenvalue weighted by Crippen LogP contribution is -2.07. The first-order valence-electron chi connectivity index (χ1n) is 10.2. The molecular formula is C23H21N3O7. The first kappa shape index (κ1) is 20.6. The number of phenols is 2. The highest BCUT2D eigenvalue weighted by Gasteiger charge is 2.25. The predicted molar refractivity (Wildman–Crippen MR) is 123 cm³/mol. The molecule has 170 valence electrons. The van der Waals surface area contributed by atoms with Gasteiger partial charge in [0.1, 0.15) is 5.65 Å². The van der Waals surface area contributed by atoms with Crippen LogP contribution < -0.4 is 20.5 Å². The van der Waals surface area contributed by atoms with Crippen LogP contribution in [0.25, 0.3) is 44.2 Å². The Morgan fingerprint density at radius 1 is 1.00 bits per heavy atom. The number of hydrogen-bond donors (Lipinski definition) is 4. The van der Waals surface area contributed by atoms with Crippen LogP contribution in [0.2, 0.25) is 0 Å². The molecule has 0 radical (unpaired) electrons. The number of furan rings is 1. The molecule has 0 aliphatic rings. The standard InChI is InChI=1S/C23H21N3O7/c1-9(2)26-22-16(23(30)25-26)15(10-7-13(31-3)19(29)14(8-10)32-4)21-17(24-22)11-5-6-12(27)18(28)20(11)33-21/h5-9,24,28-29H,1-4H3,(H,25,30). The quantitative estimate of drug-likeness (QED) is 0.327. The van der Waals surface area contributed by atoms with Gasteiger partial charge in [-0.25, -0.2) is 0 Å². The number of phenolic OH excluding ortho intramolecular Hbond substituents is 2. The molecular weight excluding hydrogens is 430 g/mol. The van der Waals surface area contributed by atoms with E-state index in [0.717, 1.165) is 0 Å². The number of pyridine rings is 1. The van der Waals surface area contributed by atoms with Gasteiger partial charge in [0.25, 0.3) is 5.56 Å². The zero-order chi connectivity index (χ0) is 23.6. The molecule has 5 rings (SSSR count). The molecule has 4 N–H and O–H groups in total. The Labute approximate surface area is 185 Å². The van der Waals surface area contributed by atoms with E-state index in [1.807, 2.05) is 13.8 Å². The molecule has 3 aromatic heterocycles. The summed E-state index contributed by atoms with van der Waals surface area (Å²) in [5.41, 5.74) is 1.15. The van der Waals surface area contributed by atoms with Gasteiger partial charge >= 0.3 is 0 Å². The second-order valence-electron chi connectivity index (χ2n) is 7.95. The van der Waals surface area contributed by atoms with E-state index in [0.29, 0.717) is 33.1 Å². The summed E-state index contributed by atoms with van der Waals surface area (Å²) in [6, 6.07) is 5.84. The zero-order valence-electron chi connectivity index (χ0n) is 18.3. The zero-order valence-corrected chi connectivity index (χ0v) is 18.3. The van der Waals surface area contributed by atoms with Crippen LogP contribution in [0.15, 0.2) is 38.3 Å². The van der Waals surface area contributed by atoms with Gasteiger partial charge < -0.3 is 29.1 Å². The number of rotatable bonds is 4. The van der Waals surface area contributed by atoms with Gasteiger partial charge in [0.15, 0.2) is 22.7 Å². The van der Waals surface area contributed by atoms with E-state index in [9.17, 15) is 19.8 Å². The predicted octanol–water partition coefficient (Wildman–Crippen LogP) is 3.59. The number of hydrogen-bond acceptors (Lipinski definition) is 7. The summed E-state index contributed by atoms with van der Waals surface area (Å²) in [5.74, 6) is -0.433. The number of aromatic amines is 2. The lowest BCUT2D eigenvalue weighted by atomic mass is 10.0. The minimum absolute atomic E-state index is 0.00730. The molecule has 3 heterocycles. The van der Waals surface area contributed by atoms with Crippen molar-refractivity contribution in [3.63, 3.8) is 0 Å². The van der Waals surface area contributed by atoms with E-state index in [2.05, 4.69) is 10.1 Å². The third kappa shape index (κ3) is 2.80. The van der Waals surface area contributed by atoms with Crippen molar-refractivity contribution in [2.75, 3.05) is 14.2 Å².